The van der Waals surface area contributed by atoms with Gasteiger partial charge in [-0.05, 0) is 48.2 Å². The van der Waals surface area contributed by atoms with Gasteiger partial charge in [-0.25, -0.2) is 0 Å². The van der Waals surface area contributed by atoms with E-state index in [1.54, 1.807) is 4.68 Å². The molecule has 156 valence electrons. The average Bonchev–Trinajstić information content (AvgIpc) is 3.20. The quantitative estimate of drug-likeness (QED) is 0.391. The summed E-state index contributed by atoms with van der Waals surface area (Å²) in [6.45, 7) is 5.67. The van der Waals surface area contributed by atoms with Crippen molar-refractivity contribution in [3.05, 3.63) is 114 Å². The van der Waals surface area contributed by atoms with Gasteiger partial charge in [0, 0.05) is 19.6 Å². The van der Waals surface area contributed by atoms with Gasteiger partial charge in [0.2, 0.25) is 0 Å². The van der Waals surface area contributed by atoms with Gasteiger partial charge in [-0.15, -0.1) is 0 Å². The van der Waals surface area contributed by atoms with E-state index in [0.29, 0.717) is 25.3 Å². The van der Waals surface area contributed by atoms with Gasteiger partial charge < -0.3 is 4.90 Å². The number of rotatable bonds is 7. The van der Waals surface area contributed by atoms with Crippen LogP contribution < -0.4 is 0 Å². The van der Waals surface area contributed by atoms with Crippen LogP contribution in [0.4, 0.5) is 0 Å². The summed E-state index contributed by atoms with van der Waals surface area (Å²) >= 11 is 0. The predicted octanol–water partition coefficient (Wildman–Crippen LogP) is 5.72. The first kappa shape index (κ1) is 20.6. The molecule has 0 bridgehead atoms. The molecule has 1 amide bonds. The van der Waals surface area contributed by atoms with E-state index >= 15 is 0 Å². The van der Waals surface area contributed by atoms with Crippen LogP contribution in [-0.4, -0.2) is 20.6 Å². The molecule has 0 aliphatic carbocycles. The molecule has 0 radical (unpaired) electrons. The van der Waals surface area contributed by atoms with Gasteiger partial charge in [-0.3, -0.25) is 9.48 Å². The Hall–Kier alpha value is -3.66. The molecular formula is C27H27N3O. The van der Waals surface area contributed by atoms with Gasteiger partial charge in [0.05, 0.1) is 5.69 Å². The Kier molecular flexibility index (Phi) is 6.27. The minimum absolute atomic E-state index is 0.00332. The fourth-order valence-corrected chi connectivity index (χ4v) is 3.82. The molecule has 3 aromatic carbocycles. The van der Waals surface area contributed by atoms with Crippen LogP contribution in [0.3, 0.4) is 0 Å². The second-order valence-corrected chi connectivity index (χ2v) is 7.70. The summed E-state index contributed by atoms with van der Waals surface area (Å²) in [5.41, 5.74) is 6.02. The van der Waals surface area contributed by atoms with Gasteiger partial charge in [-0.1, -0.05) is 78.9 Å². The molecule has 0 N–H and O–H groups in total. The zero-order valence-corrected chi connectivity index (χ0v) is 18.0. The molecule has 4 heteroatoms. The zero-order valence-electron chi connectivity index (χ0n) is 18.0. The average molecular weight is 410 g/mol. The van der Waals surface area contributed by atoms with Crippen LogP contribution in [0.2, 0.25) is 0 Å². The fraction of sp³-hybridized carbons (Fsp3) is 0.185. The molecule has 0 saturated heterocycles. The third-order valence-corrected chi connectivity index (χ3v) is 5.33. The summed E-state index contributed by atoms with van der Waals surface area (Å²) in [5, 5.41) is 4.47. The topological polar surface area (TPSA) is 38.1 Å². The van der Waals surface area contributed by atoms with Crippen molar-refractivity contribution in [2.75, 3.05) is 0 Å². The summed E-state index contributed by atoms with van der Waals surface area (Å²) in [6.07, 6.45) is 0. The SMILES string of the molecule is CCn1nc(C)cc1C(=O)N(Cc1ccccc1)Cc1cccc(-c2ccccc2)c1. The second kappa shape index (κ2) is 9.43. The molecule has 4 aromatic rings. The highest BCUT2D eigenvalue weighted by molar-refractivity contribution is 5.92. The Labute approximate surface area is 183 Å². The van der Waals surface area contributed by atoms with Crippen LogP contribution >= 0.6 is 0 Å². The molecule has 0 fully saturated rings. The molecule has 0 aliphatic heterocycles. The first-order valence-corrected chi connectivity index (χ1v) is 10.7. The monoisotopic (exact) mass is 409 g/mol. The van der Waals surface area contributed by atoms with Gasteiger partial charge in [0.15, 0.2) is 0 Å². The number of aromatic nitrogens is 2. The molecule has 0 saturated carbocycles. The van der Waals surface area contributed by atoms with Crippen molar-refractivity contribution in [3.63, 3.8) is 0 Å². The van der Waals surface area contributed by atoms with Crippen LogP contribution in [0.1, 0.15) is 34.2 Å². The largest absolute Gasteiger partial charge is 0.329 e. The van der Waals surface area contributed by atoms with Crippen LogP contribution in [0.25, 0.3) is 11.1 Å². The smallest absolute Gasteiger partial charge is 0.272 e. The summed E-state index contributed by atoms with van der Waals surface area (Å²) in [6, 6.07) is 30.7. The lowest BCUT2D eigenvalue weighted by atomic mass is 10.0. The number of hydrogen-bond donors (Lipinski definition) is 0. The number of hydrogen-bond acceptors (Lipinski definition) is 2. The third kappa shape index (κ3) is 4.92. The van der Waals surface area contributed by atoms with Crippen molar-refractivity contribution < 1.29 is 4.79 Å². The molecule has 0 spiro atoms. The van der Waals surface area contributed by atoms with Crippen LogP contribution in [-0.2, 0) is 19.6 Å². The lowest BCUT2D eigenvalue weighted by Gasteiger charge is -2.23. The van der Waals surface area contributed by atoms with Crippen molar-refractivity contribution in [2.45, 2.75) is 33.5 Å². The molecule has 1 aromatic heterocycles. The maximum absolute atomic E-state index is 13.6. The Morgan fingerprint density at radius 2 is 1.42 bits per heavy atom. The third-order valence-electron chi connectivity index (χ3n) is 5.33. The van der Waals surface area contributed by atoms with Crippen molar-refractivity contribution in [1.29, 1.82) is 0 Å². The minimum atomic E-state index is -0.00332. The fourth-order valence-electron chi connectivity index (χ4n) is 3.82. The molecule has 4 rings (SSSR count). The van der Waals surface area contributed by atoms with Crippen molar-refractivity contribution in [1.82, 2.24) is 14.7 Å². The van der Waals surface area contributed by atoms with E-state index in [1.165, 1.54) is 5.56 Å². The molecule has 1 heterocycles. The second-order valence-electron chi connectivity index (χ2n) is 7.70. The number of benzene rings is 3. The number of aryl methyl sites for hydroxylation is 2. The summed E-state index contributed by atoms with van der Waals surface area (Å²) in [7, 11) is 0. The van der Waals surface area contributed by atoms with E-state index in [-0.39, 0.29) is 5.91 Å². The summed E-state index contributed by atoms with van der Waals surface area (Å²) in [5.74, 6) is -0.00332. The van der Waals surface area contributed by atoms with Gasteiger partial charge in [0.1, 0.15) is 5.69 Å². The predicted molar refractivity (Wildman–Crippen MR) is 125 cm³/mol. The first-order chi connectivity index (χ1) is 15.1. The Bertz CT molecular complexity index is 1150. The standard InChI is InChI=1S/C27H27N3O/c1-3-30-26(17-21(2)28-30)27(31)29(19-22-11-6-4-7-12-22)20-23-13-10-16-25(18-23)24-14-8-5-9-15-24/h4-18H,3,19-20H2,1-2H3. The molecule has 31 heavy (non-hydrogen) atoms. The van der Waals surface area contributed by atoms with Crippen molar-refractivity contribution in [3.8, 4) is 11.1 Å². The Morgan fingerprint density at radius 3 is 2.13 bits per heavy atom. The lowest BCUT2D eigenvalue weighted by molar-refractivity contribution is 0.0717. The van der Waals surface area contributed by atoms with Gasteiger partial charge in [0.25, 0.3) is 5.91 Å². The van der Waals surface area contributed by atoms with Crippen LogP contribution in [0, 0.1) is 6.92 Å². The van der Waals surface area contributed by atoms with E-state index in [1.807, 2.05) is 61.2 Å². The Morgan fingerprint density at radius 1 is 0.806 bits per heavy atom. The van der Waals surface area contributed by atoms with E-state index in [0.717, 1.165) is 22.4 Å². The van der Waals surface area contributed by atoms with E-state index < -0.39 is 0 Å². The summed E-state index contributed by atoms with van der Waals surface area (Å²) in [4.78, 5) is 15.5. The van der Waals surface area contributed by atoms with Crippen LogP contribution in [0.5, 0.6) is 0 Å². The normalized spacial score (nSPS) is 10.8. The number of carbonyl (C=O) groups excluding carboxylic acids is 1. The molecule has 0 aliphatic rings. The molecule has 0 unspecified atom stereocenters. The van der Waals surface area contributed by atoms with Crippen molar-refractivity contribution >= 4 is 5.91 Å². The van der Waals surface area contributed by atoms with E-state index in [9.17, 15) is 4.79 Å². The Balaban J connectivity index is 1.65. The number of carbonyl (C=O) groups is 1. The maximum atomic E-state index is 13.6. The van der Waals surface area contributed by atoms with Crippen molar-refractivity contribution in [2.24, 2.45) is 0 Å². The molecule has 0 atom stereocenters. The highest BCUT2D eigenvalue weighted by Gasteiger charge is 2.21. The first-order valence-electron chi connectivity index (χ1n) is 10.7. The van der Waals surface area contributed by atoms with Crippen LogP contribution in [0.15, 0.2) is 91.0 Å². The van der Waals surface area contributed by atoms with E-state index in [4.69, 9.17) is 0 Å². The number of nitrogens with zero attached hydrogens (tertiary/aromatic N) is 3. The zero-order chi connectivity index (χ0) is 21.6. The minimum Gasteiger partial charge on any atom is -0.329 e. The molecular weight excluding hydrogens is 382 g/mol. The van der Waals surface area contributed by atoms with Gasteiger partial charge in [-0.2, -0.15) is 5.10 Å². The maximum Gasteiger partial charge on any atom is 0.272 e. The highest BCUT2D eigenvalue weighted by atomic mass is 16.2. The van der Waals surface area contributed by atoms with Gasteiger partial charge >= 0.3 is 0 Å². The molecule has 4 nitrogen and oxygen atoms in total. The van der Waals surface area contributed by atoms with E-state index in [2.05, 4.69) is 53.6 Å². The number of amides is 1. The highest BCUT2D eigenvalue weighted by Crippen LogP contribution is 2.22. The summed E-state index contributed by atoms with van der Waals surface area (Å²) < 4.78 is 1.79. The lowest BCUT2D eigenvalue weighted by Crippen LogP contribution is -2.32.